The Hall–Kier alpha value is -0.559. The van der Waals surface area contributed by atoms with E-state index in [-0.39, 0.29) is 11.8 Å². The third-order valence-corrected chi connectivity index (χ3v) is 30.6. The Kier molecular flexibility index (Phi) is 15.7. The van der Waals surface area contributed by atoms with E-state index in [9.17, 15) is 9.59 Å². The van der Waals surface area contributed by atoms with E-state index in [4.69, 9.17) is 16.5 Å². The summed E-state index contributed by atoms with van der Waals surface area (Å²) in [5, 5.41) is 2.03. The number of fused-ring (bicyclic) bond motifs is 1. The van der Waals surface area contributed by atoms with Crippen molar-refractivity contribution < 1.29 is 26.0 Å². The lowest BCUT2D eigenvalue weighted by molar-refractivity contribution is -0.124. The van der Waals surface area contributed by atoms with Gasteiger partial charge in [-0.15, -0.1) is 22.7 Å². The minimum Gasteiger partial charge on any atom is -0.437 e. The summed E-state index contributed by atoms with van der Waals surface area (Å²) in [4.78, 5) is 34.9. The number of nitrogens with zero attached hydrogens (tertiary/aromatic N) is 2. The van der Waals surface area contributed by atoms with Gasteiger partial charge in [-0.25, -0.2) is 0 Å². The van der Waals surface area contributed by atoms with Crippen LogP contribution in [0, 0.1) is 0 Å². The fourth-order valence-corrected chi connectivity index (χ4v) is 35.3. The number of hydrogen-bond acceptors (Lipinski definition) is 8. The van der Waals surface area contributed by atoms with Crippen molar-refractivity contribution in [2.75, 3.05) is 13.1 Å². The molecule has 0 spiro atoms. The molecule has 0 fully saturated rings. The maximum Gasteiger partial charge on any atom is 0.314 e. The number of halogens is 1. The molecule has 4 rings (SSSR count). The predicted octanol–water partition coefficient (Wildman–Crippen LogP) is 12.3. The van der Waals surface area contributed by atoms with Crippen molar-refractivity contribution in [3.63, 3.8) is 0 Å². The van der Waals surface area contributed by atoms with Crippen LogP contribution in [0.4, 0.5) is 0 Å². The molecule has 0 atom stereocenters. The van der Waals surface area contributed by atoms with Crippen LogP contribution in [0.5, 0.6) is 0 Å². The maximum absolute atomic E-state index is 14.6. The van der Waals surface area contributed by atoms with Crippen LogP contribution in [0.1, 0.15) is 48.3 Å². The van der Waals surface area contributed by atoms with Gasteiger partial charge in [0, 0.05) is 13.1 Å². The second kappa shape index (κ2) is 18.4. The lowest BCUT2D eigenvalue weighted by Gasteiger charge is -2.38. The highest BCUT2D eigenvalue weighted by Gasteiger charge is 2.49. The molecule has 0 radical (unpaired) electrons. The summed E-state index contributed by atoms with van der Waals surface area (Å²) < 4.78 is 28.0. The van der Waals surface area contributed by atoms with E-state index < -0.39 is 50.4 Å². The molecule has 0 N–H and O–H groups in total. The van der Waals surface area contributed by atoms with E-state index in [1.54, 1.807) is 22.7 Å². The standard InChI is InChI=1S/C38H67BrN2O6S2Si6/c1-50(2,3)44-54(13,45-51(4,5)6)28-19-15-17-25-40-35(30-22-21-27-48-30)33-34(38(40)43)36(31-23-24-32(39)49-31)41(37(33)42)26-18-16-20-29-55(14,46-52(7,8)9)47-53(10,11)12/h21-24,27H,15-20,25-26,28-29H2,1-14H3. The van der Waals surface area contributed by atoms with Crippen molar-refractivity contribution in [1.29, 1.82) is 0 Å². The molecule has 0 aromatic carbocycles. The van der Waals surface area contributed by atoms with E-state index in [0.29, 0.717) is 24.2 Å². The maximum atomic E-state index is 14.6. The molecule has 0 bridgehead atoms. The summed E-state index contributed by atoms with van der Waals surface area (Å²) in [6.45, 7) is 32.5. The van der Waals surface area contributed by atoms with Crippen molar-refractivity contribution in [1.82, 2.24) is 9.80 Å². The van der Waals surface area contributed by atoms with Gasteiger partial charge in [0.2, 0.25) is 0 Å². The van der Waals surface area contributed by atoms with Crippen molar-refractivity contribution in [3.8, 4) is 0 Å². The van der Waals surface area contributed by atoms with Crippen molar-refractivity contribution in [2.24, 2.45) is 0 Å². The van der Waals surface area contributed by atoms with Crippen LogP contribution in [0.3, 0.4) is 0 Å². The topological polar surface area (TPSA) is 77.5 Å². The number of carbonyl (C=O) groups excluding carboxylic acids is 2. The molecule has 4 heterocycles. The molecule has 2 aromatic rings. The Bertz CT molecular complexity index is 1690. The average Bonchev–Trinajstić information content (AvgIpc) is 3.76. The molecule has 0 aliphatic carbocycles. The van der Waals surface area contributed by atoms with Crippen LogP contribution in [-0.2, 0) is 26.0 Å². The molecule has 8 nitrogen and oxygen atoms in total. The summed E-state index contributed by atoms with van der Waals surface area (Å²) in [7, 11) is -11.8. The average molecular weight is 961 g/mol. The van der Waals surface area contributed by atoms with Crippen molar-refractivity contribution >= 4 is 112 Å². The van der Waals surface area contributed by atoms with Gasteiger partial charge in [0.1, 0.15) is 0 Å². The van der Waals surface area contributed by atoms with E-state index >= 15 is 0 Å². The zero-order valence-electron chi connectivity index (χ0n) is 36.0. The summed E-state index contributed by atoms with van der Waals surface area (Å²) in [5.41, 5.74) is 2.65. The van der Waals surface area contributed by atoms with Gasteiger partial charge < -0.3 is 26.3 Å². The summed E-state index contributed by atoms with van der Waals surface area (Å²) in [6.07, 6.45) is 5.57. The van der Waals surface area contributed by atoms with Gasteiger partial charge in [-0.05, 0) is 156 Å². The van der Waals surface area contributed by atoms with Crippen molar-refractivity contribution in [3.05, 3.63) is 54.3 Å². The summed E-state index contributed by atoms with van der Waals surface area (Å²) in [6, 6.07) is 9.98. The number of hydrogen-bond donors (Lipinski definition) is 0. The largest absolute Gasteiger partial charge is 0.437 e. The second-order valence-corrected chi connectivity index (χ2v) is 48.3. The normalized spacial score (nSPS) is 16.4. The molecule has 0 saturated carbocycles. The molecule has 2 aromatic heterocycles. The highest BCUT2D eigenvalue weighted by Crippen LogP contribution is 2.49. The molecule has 0 unspecified atom stereocenters. The Morgan fingerprint density at radius 1 is 0.545 bits per heavy atom. The van der Waals surface area contributed by atoms with E-state index in [0.717, 1.165) is 75.5 Å². The number of unbranched alkanes of at least 4 members (excludes halogenated alkanes) is 4. The Morgan fingerprint density at radius 2 is 0.945 bits per heavy atom. The van der Waals surface area contributed by atoms with Gasteiger partial charge in [0.25, 0.3) is 11.8 Å². The van der Waals surface area contributed by atoms with Crippen LogP contribution in [0.15, 0.2) is 44.6 Å². The second-order valence-electron chi connectivity index (χ2n) is 19.2. The molecular formula is C38H67BrN2O6S2Si6. The minimum absolute atomic E-state index is 0.0640. The van der Waals surface area contributed by atoms with Gasteiger partial charge in [-0.3, -0.25) is 9.59 Å². The van der Waals surface area contributed by atoms with Gasteiger partial charge in [-0.1, -0.05) is 31.7 Å². The van der Waals surface area contributed by atoms with Crippen LogP contribution in [0.25, 0.3) is 11.4 Å². The smallest absolute Gasteiger partial charge is 0.314 e. The zero-order chi connectivity index (χ0) is 41.2. The van der Waals surface area contributed by atoms with Gasteiger partial charge in [0.15, 0.2) is 33.3 Å². The first kappa shape index (κ1) is 47.1. The molecular weight excluding hydrogens is 893 g/mol. The van der Waals surface area contributed by atoms with Crippen molar-refractivity contribution in [2.45, 2.75) is 142 Å². The lowest BCUT2D eigenvalue weighted by atomic mass is 10.1. The van der Waals surface area contributed by atoms with E-state index in [1.165, 1.54) is 0 Å². The first-order valence-electron chi connectivity index (χ1n) is 19.9. The number of amides is 2. The number of carbonyl (C=O) groups is 2. The molecule has 308 valence electrons. The molecule has 55 heavy (non-hydrogen) atoms. The van der Waals surface area contributed by atoms with E-state index in [1.807, 2.05) is 39.4 Å². The lowest BCUT2D eigenvalue weighted by Crippen LogP contribution is -2.52. The Labute approximate surface area is 355 Å². The molecule has 17 heteroatoms. The monoisotopic (exact) mass is 958 g/mol. The predicted molar refractivity (Wildman–Crippen MR) is 252 cm³/mol. The third-order valence-electron chi connectivity index (χ3n) is 8.86. The van der Waals surface area contributed by atoms with Gasteiger partial charge >= 0.3 is 17.1 Å². The third kappa shape index (κ3) is 13.7. The molecule has 2 amide bonds. The Morgan fingerprint density at radius 3 is 1.27 bits per heavy atom. The van der Waals surface area contributed by atoms with Crippen LogP contribution in [-0.4, -0.2) is 85.1 Å². The summed E-state index contributed by atoms with van der Waals surface area (Å²) >= 11 is 6.81. The Balaban J connectivity index is 1.53. The first-order chi connectivity index (χ1) is 25.2. The summed E-state index contributed by atoms with van der Waals surface area (Å²) in [5.74, 6) is -0.128. The zero-order valence-corrected chi connectivity index (χ0v) is 45.2. The van der Waals surface area contributed by atoms with Gasteiger partial charge in [0.05, 0.1) is 36.1 Å². The highest BCUT2D eigenvalue weighted by molar-refractivity contribution is 9.11. The van der Waals surface area contributed by atoms with Gasteiger partial charge in [-0.2, -0.15) is 0 Å². The van der Waals surface area contributed by atoms with E-state index in [2.05, 4.69) is 108 Å². The molecule has 0 saturated heterocycles. The van der Waals surface area contributed by atoms with Crippen LogP contribution >= 0.6 is 38.6 Å². The first-order valence-corrected chi connectivity index (χ1v) is 41.1. The van der Waals surface area contributed by atoms with Crippen LogP contribution in [0.2, 0.25) is 104 Å². The number of thiophene rings is 2. The minimum atomic E-state index is -2.33. The number of rotatable bonds is 22. The fourth-order valence-electron chi connectivity index (χ4n) is 7.81. The molecule has 2 aliphatic heterocycles. The highest BCUT2D eigenvalue weighted by atomic mass is 79.9. The fraction of sp³-hybridized carbons (Fsp3) is 0.632. The SMILES string of the molecule is C[Si](C)(C)O[Si](C)(CCCCCN1C(=O)C2=C(c3ccc(Br)s3)N(CCCCC[Si](C)(O[Si](C)(C)C)O[Si](C)(C)C)C(=O)C2=C1c1cccs1)O[Si](C)(C)C. The quantitative estimate of drug-likeness (QED) is 0.0864. The molecule has 2 aliphatic rings. The van der Waals surface area contributed by atoms with Crippen LogP contribution < -0.4 is 0 Å².